The number of aliphatic hydroxyl groups excluding tert-OH is 1. The van der Waals surface area contributed by atoms with Crippen molar-refractivity contribution in [2.45, 2.75) is 310 Å². The number of unbranched alkanes of at least 4 members (excludes halogenated alkanes) is 31. The molecular weight excluding hydrogens is 1040 g/mol. The molecule has 0 amide bonds. The third-order valence-corrected chi connectivity index (χ3v) is 15.4. The Labute approximate surface area is 473 Å². The number of ether oxygens (including phenoxy) is 4. The summed E-state index contributed by atoms with van der Waals surface area (Å²) in [7, 11) is -9.86. The van der Waals surface area contributed by atoms with Crippen LogP contribution >= 0.6 is 15.6 Å². The number of hydrogen-bond donors (Lipinski definition) is 3. The first-order chi connectivity index (χ1) is 37.5. The second-order valence-corrected chi connectivity index (χ2v) is 24.8. The van der Waals surface area contributed by atoms with Gasteiger partial charge in [-0.25, -0.2) is 9.13 Å². The lowest BCUT2D eigenvalue weighted by Gasteiger charge is -2.21. The van der Waals surface area contributed by atoms with Crippen LogP contribution in [0.2, 0.25) is 0 Å². The molecule has 0 aliphatic carbocycles. The molecule has 0 aromatic heterocycles. The van der Waals surface area contributed by atoms with Gasteiger partial charge in [0.2, 0.25) is 0 Å². The predicted octanol–water partition coefficient (Wildman–Crippen LogP) is 15.8. The monoisotopic (exact) mass is 1160 g/mol. The topological polar surface area (TPSA) is 237 Å². The zero-order valence-electron chi connectivity index (χ0n) is 49.8. The van der Waals surface area contributed by atoms with Crippen LogP contribution in [0.5, 0.6) is 0 Å². The number of esters is 4. The molecule has 17 nitrogen and oxygen atoms in total. The molecule has 0 fully saturated rings. The summed E-state index contributed by atoms with van der Waals surface area (Å²) in [4.78, 5) is 71.5. The summed E-state index contributed by atoms with van der Waals surface area (Å²) in [5.41, 5.74) is 0. The highest BCUT2D eigenvalue weighted by Gasteiger charge is 2.30. The van der Waals surface area contributed by atoms with Crippen molar-refractivity contribution in [1.82, 2.24) is 0 Å². The van der Waals surface area contributed by atoms with Gasteiger partial charge in [-0.3, -0.25) is 37.3 Å². The van der Waals surface area contributed by atoms with Crippen LogP contribution in [0.1, 0.15) is 291 Å². The fourth-order valence-electron chi connectivity index (χ4n) is 8.70. The Bertz CT molecular complexity index is 1530. The fourth-order valence-corrected chi connectivity index (χ4v) is 10.3. The van der Waals surface area contributed by atoms with Crippen molar-refractivity contribution in [2.75, 3.05) is 39.6 Å². The summed E-state index contributed by atoms with van der Waals surface area (Å²) in [6.45, 7) is 6.98. The van der Waals surface area contributed by atoms with E-state index >= 15 is 0 Å². The average molecular weight is 1160 g/mol. The van der Waals surface area contributed by atoms with E-state index in [0.717, 1.165) is 102 Å². The van der Waals surface area contributed by atoms with Crippen LogP contribution in [0.3, 0.4) is 0 Å². The second kappa shape index (κ2) is 53.1. The van der Waals surface area contributed by atoms with E-state index in [0.29, 0.717) is 25.7 Å². The van der Waals surface area contributed by atoms with Crippen LogP contribution in [0.4, 0.5) is 0 Å². The Balaban J connectivity index is 5.12. The molecule has 0 aliphatic rings. The molecule has 0 saturated heterocycles. The summed E-state index contributed by atoms with van der Waals surface area (Å²) in [5.74, 6) is -1.40. The first kappa shape index (κ1) is 76.1. The number of rotatable bonds is 59. The van der Waals surface area contributed by atoms with E-state index in [9.17, 15) is 43.2 Å². The zero-order valence-corrected chi connectivity index (χ0v) is 51.6. The van der Waals surface area contributed by atoms with Crippen LogP contribution in [-0.2, 0) is 65.4 Å². The first-order valence-corrected chi connectivity index (χ1v) is 34.1. The van der Waals surface area contributed by atoms with Gasteiger partial charge in [0.25, 0.3) is 0 Å². The number of carbonyl (C=O) groups is 4. The van der Waals surface area contributed by atoms with Crippen LogP contribution < -0.4 is 0 Å². The van der Waals surface area contributed by atoms with Gasteiger partial charge in [0.1, 0.15) is 19.3 Å². The van der Waals surface area contributed by atoms with E-state index in [-0.39, 0.29) is 25.7 Å². The van der Waals surface area contributed by atoms with Crippen molar-refractivity contribution >= 4 is 39.5 Å². The van der Waals surface area contributed by atoms with Crippen molar-refractivity contribution < 1.29 is 80.2 Å². The molecule has 0 bridgehead atoms. The van der Waals surface area contributed by atoms with E-state index in [2.05, 4.69) is 34.6 Å². The van der Waals surface area contributed by atoms with E-state index in [1.54, 1.807) is 0 Å². The molecule has 0 saturated carbocycles. The molecule has 5 atom stereocenters. The Hall–Kier alpha value is -1.94. The molecule has 19 heteroatoms. The molecule has 0 aromatic rings. The lowest BCUT2D eigenvalue weighted by Crippen LogP contribution is -2.30. The van der Waals surface area contributed by atoms with Crippen LogP contribution in [0.25, 0.3) is 0 Å². The number of phosphoric acid groups is 2. The van der Waals surface area contributed by atoms with Crippen LogP contribution in [0, 0.1) is 5.92 Å². The zero-order chi connectivity index (χ0) is 57.8. The summed E-state index contributed by atoms with van der Waals surface area (Å²) in [6, 6.07) is 0. The summed E-state index contributed by atoms with van der Waals surface area (Å²) >= 11 is 0. The first-order valence-electron chi connectivity index (χ1n) is 31.1. The molecule has 0 radical (unpaired) electrons. The van der Waals surface area contributed by atoms with Crippen LogP contribution in [-0.4, -0.2) is 96.7 Å². The molecule has 0 aliphatic heterocycles. The van der Waals surface area contributed by atoms with Crippen molar-refractivity contribution in [3.8, 4) is 0 Å². The van der Waals surface area contributed by atoms with Gasteiger partial charge in [0.05, 0.1) is 26.4 Å². The van der Waals surface area contributed by atoms with Gasteiger partial charge in [-0.15, -0.1) is 0 Å². The molecule has 0 rings (SSSR count). The maximum atomic E-state index is 12.9. The molecule has 2 unspecified atom stereocenters. The minimum atomic E-state index is -4.94. The number of phosphoric ester groups is 2. The molecule has 3 N–H and O–H groups in total. The van der Waals surface area contributed by atoms with Gasteiger partial charge >= 0.3 is 39.5 Å². The number of carbonyl (C=O) groups excluding carboxylic acids is 4. The average Bonchev–Trinajstić information content (AvgIpc) is 3.40. The standard InChI is InChI=1S/C59H114O17P2/c1-6-9-12-15-16-17-18-19-20-23-26-29-34-38-43-57(62)70-49-55(76-59(64)45-40-35-30-27-24-21-22-25-28-33-36-41-52(4)5)51-74-78(67,68)72-47-53(60)46-71-77(65,66)73-50-54(75-58(63)44-39-32-14-11-8-3)48-69-56(61)42-37-31-13-10-7-2/h52-55,60H,6-51H2,1-5H3,(H,65,66)(H,67,68)/t53-,54+,55+/m0/s1. The fraction of sp³-hybridized carbons (Fsp3) is 0.932. The van der Waals surface area contributed by atoms with Crippen molar-refractivity contribution in [1.29, 1.82) is 0 Å². The van der Waals surface area contributed by atoms with Gasteiger partial charge in [-0.1, -0.05) is 240 Å². The Morgan fingerprint density at radius 1 is 0.346 bits per heavy atom. The smallest absolute Gasteiger partial charge is 0.462 e. The van der Waals surface area contributed by atoms with Gasteiger partial charge in [-0.2, -0.15) is 0 Å². The third kappa shape index (κ3) is 53.4. The molecular formula is C59H114O17P2. The SMILES string of the molecule is CCCCCCCCCCCCCCCCC(=O)OC[C@H](COP(=O)(O)OC[C@@H](O)COP(=O)(O)OC[C@@H](COC(=O)CCCCCCC)OC(=O)CCCCCCC)OC(=O)CCCCCCCCCCCCCC(C)C. The minimum Gasteiger partial charge on any atom is -0.462 e. The normalized spacial score (nSPS) is 14.4. The van der Waals surface area contributed by atoms with Gasteiger partial charge in [0.15, 0.2) is 12.2 Å². The summed E-state index contributed by atoms with van der Waals surface area (Å²) < 4.78 is 67.4. The third-order valence-electron chi connectivity index (χ3n) is 13.5. The largest absolute Gasteiger partial charge is 0.472 e. The maximum absolute atomic E-state index is 12.9. The quantitative estimate of drug-likeness (QED) is 0.0222. The number of hydrogen-bond acceptors (Lipinski definition) is 15. The maximum Gasteiger partial charge on any atom is 0.472 e. The van der Waals surface area contributed by atoms with Crippen LogP contribution in [0.15, 0.2) is 0 Å². The Morgan fingerprint density at radius 3 is 0.872 bits per heavy atom. The van der Waals surface area contributed by atoms with Gasteiger partial charge in [-0.05, 0) is 31.6 Å². The van der Waals surface area contributed by atoms with Crippen molar-refractivity contribution in [3.63, 3.8) is 0 Å². The minimum absolute atomic E-state index is 0.0988. The summed E-state index contributed by atoms with van der Waals surface area (Å²) in [6.07, 6.45) is 35.6. The molecule has 0 heterocycles. The number of aliphatic hydroxyl groups is 1. The highest BCUT2D eigenvalue weighted by molar-refractivity contribution is 7.47. The van der Waals surface area contributed by atoms with E-state index in [1.807, 2.05) is 0 Å². The molecule has 0 spiro atoms. The Kier molecular flexibility index (Phi) is 51.8. The molecule has 0 aromatic carbocycles. The highest BCUT2D eigenvalue weighted by Crippen LogP contribution is 2.45. The summed E-state index contributed by atoms with van der Waals surface area (Å²) in [5, 5.41) is 10.5. The van der Waals surface area contributed by atoms with Crippen molar-refractivity contribution in [2.24, 2.45) is 5.92 Å². The molecule has 462 valence electrons. The lowest BCUT2D eigenvalue weighted by molar-refractivity contribution is -0.161. The van der Waals surface area contributed by atoms with E-state index < -0.39 is 97.5 Å². The highest BCUT2D eigenvalue weighted by atomic mass is 31.2. The van der Waals surface area contributed by atoms with E-state index in [1.165, 1.54) is 109 Å². The second-order valence-electron chi connectivity index (χ2n) is 21.9. The van der Waals surface area contributed by atoms with Gasteiger partial charge in [0, 0.05) is 25.7 Å². The predicted molar refractivity (Wildman–Crippen MR) is 308 cm³/mol. The molecule has 78 heavy (non-hydrogen) atoms. The van der Waals surface area contributed by atoms with E-state index in [4.69, 9.17) is 37.0 Å². The lowest BCUT2D eigenvalue weighted by atomic mass is 10.0. The Morgan fingerprint density at radius 2 is 0.590 bits per heavy atom. The van der Waals surface area contributed by atoms with Gasteiger partial charge < -0.3 is 33.8 Å². The van der Waals surface area contributed by atoms with Crippen molar-refractivity contribution in [3.05, 3.63) is 0 Å².